The Balaban J connectivity index is 1.32. The van der Waals surface area contributed by atoms with Gasteiger partial charge in [-0.15, -0.1) is 0 Å². The zero-order chi connectivity index (χ0) is 19.3. The van der Waals surface area contributed by atoms with E-state index in [4.69, 9.17) is 0 Å². The summed E-state index contributed by atoms with van der Waals surface area (Å²) in [4.78, 5) is 27.2. The van der Waals surface area contributed by atoms with Gasteiger partial charge in [-0.2, -0.15) is 0 Å². The molecule has 0 atom stereocenters. The van der Waals surface area contributed by atoms with Gasteiger partial charge in [0.2, 0.25) is 5.91 Å². The van der Waals surface area contributed by atoms with E-state index in [0.29, 0.717) is 38.0 Å². The van der Waals surface area contributed by atoms with Gasteiger partial charge in [0, 0.05) is 31.1 Å². The van der Waals surface area contributed by atoms with Crippen LogP contribution in [0.2, 0.25) is 0 Å². The lowest BCUT2D eigenvalue weighted by Gasteiger charge is -2.31. The van der Waals surface area contributed by atoms with Crippen LogP contribution < -0.4 is 5.32 Å². The zero-order valence-corrected chi connectivity index (χ0v) is 15.8. The fraction of sp³-hybridized carbons (Fsp3) is 0.250. The van der Waals surface area contributed by atoms with Crippen LogP contribution in [0.25, 0.3) is 10.8 Å². The highest BCUT2D eigenvalue weighted by molar-refractivity contribution is 5.98. The lowest BCUT2D eigenvalue weighted by molar-refractivity contribution is -0.126. The lowest BCUT2D eigenvalue weighted by atomic mass is 9.95. The van der Waals surface area contributed by atoms with Crippen LogP contribution in [0.3, 0.4) is 0 Å². The lowest BCUT2D eigenvalue weighted by Crippen LogP contribution is -2.42. The predicted octanol–water partition coefficient (Wildman–Crippen LogP) is 4.01. The third kappa shape index (κ3) is 4.06. The topological polar surface area (TPSA) is 49.4 Å². The Hall–Kier alpha value is -3.14. The number of likely N-dealkylation sites (tertiary alicyclic amines) is 1. The van der Waals surface area contributed by atoms with E-state index in [1.165, 1.54) is 0 Å². The van der Waals surface area contributed by atoms with Gasteiger partial charge < -0.3 is 10.2 Å². The number of nitrogens with zero attached hydrogens (tertiary/aromatic N) is 1. The zero-order valence-electron chi connectivity index (χ0n) is 15.8. The first-order chi connectivity index (χ1) is 13.7. The molecule has 3 aromatic rings. The number of carbonyl (C=O) groups excluding carboxylic acids is 2. The first-order valence-corrected chi connectivity index (χ1v) is 9.80. The SMILES string of the molecule is O=C(NCc1ccccc1)C1CCN(C(=O)c2ccc3ccccc3c2)CC1. The largest absolute Gasteiger partial charge is 0.352 e. The van der Waals surface area contributed by atoms with Crippen molar-refractivity contribution in [1.29, 1.82) is 0 Å². The monoisotopic (exact) mass is 372 g/mol. The molecule has 4 rings (SSSR count). The Morgan fingerprint density at radius 1 is 0.857 bits per heavy atom. The average Bonchev–Trinajstić information content (AvgIpc) is 2.77. The van der Waals surface area contributed by atoms with Gasteiger partial charge in [-0.25, -0.2) is 0 Å². The number of rotatable bonds is 4. The molecule has 0 saturated carbocycles. The molecule has 0 aromatic heterocycles. The summed E-state index contributed by atoms with van der Waals surface area (Å²) in [6.45, 7) is 1.79. The molecule has 1 heterocycles. The van der Waals surface area contributed by atoms with E-state index in [2.05, 4.69) is 5.32 Å². The fourth-order valence-corrected chi connectivity index (χ4v) is 3.78. The minimum absolute atomic E-state index is 0.0237. The Labute approximate surface area is 165 Å². The summed E-state index contributed by atoms with van der Waals surface area (Å²) in [7, 11) is 0. The van der Waals surface area contributed by atoms with Gasteiger partial charge in [0.25, 0.3) is 5.91 Å². The van der Waals surface area contributed by atoms with E-state index in [-0.39, 0.29) is 17.7 Å². The van der Waals surface area contributed by atoms with Crippen molar-refractivity contribution in [2.24, 2.45) is 5.92 Å². The summed E-state index contributed by atoms with van der Waals surface area (Å²) in [6, 6.07) is 23.8. The maximum atomic E-state index is 12.9. The number of benzene rings is 3. The maximum Gasteiger partial charge on any atom is 0.253 e. The summed E-state index contributed by atoms with van der Waals surface area (Å²) in [5, 5.41) is 5.23. The maximum absolute atomic E-state index is 12.9. The minimum atomic E-state index is -0.0237. The average molecular weight is 372 g/mol. The fourth-order valence-electron chi connectivity index (χ4n) is 3.78. The van der Waals surface area contributed by atoms with Crippen molar-refractivity contribution < 1.29 is 9.59 Å². The second kappa shape index (κ2) is 8.26. The molecule has 2 amide bonds. The van der Waals surface area contributed by atoms with Gasteiger partial charge in [0.05, 0.1) is 0 Å². The normalized spacial score (nSPS) is 14.8. The van der Waals surface area contributed by atoms with Gasteiger partial charge in [0.1, 0.15) is 0 Å². The van der Waals surface area contributed by atoms with E-state index in [0.717, 1.165) is 16.3 Å². The number of nitrogens with one attached hydrogen (secondary N) is 1. The molecule has 1 fully saturated rings. The van der Waals surface area contributed by atoms with Gasteiger partial charge in [0.15, 0.2) is 0 Å². The molecule has 1 saturated heterocycles. The number of hydrogen-bond acceptors (Lipinski definition) is 2. The molecular weight excluding hydrogens is 348 g/mol. The molecule has 0 bridgehead atoms. The Kier molecular flexibility index (Phi) is 5.38. The highest BCUT2D eigenvalue weighted by Gasteiger charge is 2.27. The van der Waals surface area contributed by atoms with E-state index >= 15 is 0 Å². The molecule has 142 valence electrons. The molecule has 0 radical (unpaired) electrons. The smallest absolute Gasteiger partial charge is 0.253 e. The number of piperidine rings is 1. The van der Waals surface area contributed by atoms with Gasteiger partial charge >= 0.3 is 0 Å². The van der Waals surface area contributed by atoms with Crippen molar-refractivity contribution in [2.45, 2.75) is 19.4 Å². The van der Waals surface area contributed by atoms with Gasteiger partial charge in [-0.3, -0.25) is 9.59 Å². The van der Waals surface area contributed by atoms with Gasteiger partial charge in [-0.1, -0.05) is 60.7 Å². The number of fused-ring (bicyclic) bond motifs is 1. The van der Waals surface area contributed by atoms with Crippen molar-refractivity contribution in [3.05, 3.63) is 83.9 Å². The van der Waals surface area contributed by atoms with Crippen LogP contribution in [0.4, 0.5) is 0 Å². The highest BCUT2D eigenvalue weighted by atomic mass is 16.2. The Morgan fingerprint density at radius 3 is 2.29 bits per heavy atom. The van der Waals surface area contributed by atoms with E-state index < -0.39 is 0 Å². The molecule has 3 aromatic carbocycles. The third-order valence-corrected chi connectivity index (χ3v) is 5.46. The highest BCUT2D eigenvalue weighted by Crippen LogP contribution is 2.21. The molecule has 0 unspecified atom stereocenters. The van der Waals surface area contributed by atoms with Crippen LogP contribution in [0.15, 0.2) is 72.8 Å². The van der Waals surface area contributed by atoms with Crippen LogP contribution in [-0.4, -0.2) is 29.8 Å². The van der Waals surface area contributed by atoms with E-state index in [9.17, 15) is 9.59 Å². The Bertz CT molecular complexity index is 976. The summed E-state index contributed by atoms with van der Waals surface area (Å²) in [6.07, 6.45) is 1.42. The van der Waals surface area contributed by atoms with Gasteiger partial charge in [-0.05, 0) is 41.3 Å². The van der Waals surface area contributed by atoms with Crippen LogP contribution in [0.5, 0.6) is 0 Å². The van der Waals surface area contributed by atoms with E-state index in [1.54, 1.807) is 0 Å². The molecule has 4 nitrogen and oxygen atoms in total. The first-order valence-electron chi connectivity index (χ1n) is 9.80. The van der Waals surface area contributed by atoms with E-state index in [1.807, 2.05) is 77.7 Å². The Morgan fingerprint density at radius 2 is 1.54 bits per heavy atom. The first kappa shape index (κ1) is 18.2. The summed E-state index contributed by atoms with van der Waals surface area (Å²) in [5.74, 6) is 0.111. The second-order valence-corrected chi connectivity index (χ2v) is 7.33. The second-order valence-electron chi connectivity index (χ2n) is 7.33. The predicted molar refractivity (Wildman–Crippen MR) is 111 cm³/mol. The molecule has 1 N–H and O–H groups in total. The van der Waals surface area contributed by atoms with Crippen molar-refractivity contribution in [2.75, 3.05) is 13.1 Å². The molecule has 28 heavy (non-hydrogen) atoms. The quantitative estimate of drug-likeness (QED) is 0.752. The molecule has 1 aliphatic rings. The molecule has 1 aliphatic heterocycles. The standard InChI is InChI=1S/C24H24N2O2/c27-23(25-17-18-6-2-1-3-7-18)20-12-14-26(15-13-20)24(28)22-11-10-19-8-4-5-9-21(19)16-22/h1-11,16,20H,12-15,17H2,(H,25,27). The van der Waals surface area contributed by atoms with Crippen LogP contribution >= 0.6 is 0 Å². The third-order valence-electron chi connectivity index (χ3n) is 5.46. The van der Waals surface area contributed by atoms with Crippen LogP contribution in [-0.2, 0) is 11.3 Å². The summed E-state index contributed by atoms with van der Waals surface area (Å²) >= 11 is 0. The van der Waals surface area contributed by atoms with Crippen molar-refractivity contribution in [3.63, 3.8) is 0 Å². The number of hydrogen-bond donors (Lipinski definition) is 1. The van der Waals surface area contributed by atoms with Crippen LogP contribution in [0.1, 0.15) is 28.8 Å². The number of amides is 2. The summed E-state index contributed by atoms with van der Waals surface area (Å²) < 4.78 is 0. The molecule has 0 spiro atoms. The van der Waals surface area contributed by atoms with Crippen molar-refractivity contribution >= 4 is 22.6 Å². The molecular formula is C24H24N2O2. The number of carbonyl (C=O) groups is 2. The van der Waals surface area contributed by atoms with Crippen molar-refractivity contribution in [3.8, 4) is 0 Å². The van der Waals surface area contributed by atoms with Crippen molar-refractivity contribution in [1.82, 2.24) is 10.2 Å². The molecule has 4 heteroatoms. The molecule has 0 aliphatic carbocycles. The summed E-state index contributed by atoms with van der Waals surface area (Å²) in [5.41, 5.74) is 1.81. The van der Waals surface area contributed by atoms with Crippen LogP contribution in [0, 0.1) is 5.92 Å². The minimum Gasteiger partial charge on any atom is -0.352 e.